The average molecular weight is 491 g/mol. The highest BCUT2D eigenvalue weighted by Gasteiger charge is 2.41. The monoisotopic (exact) mass is 490 g/mol. The van der Waals surface area contributed by atoms with Gasteiger partial charge in [-0.3, -0.25) is 4.98 Å². The van der Waals surface area contributed by atoms with Gasteiger partial charge in [0.1, 0.15) is 3.55 Å². The van der Waals surface area contributed by atoms with Gasteiger partial charge in [0.05, 0.1) is 17.1 Å². The van der Waals surface area contributed by atoms with E-state index in [1.165, 1.54) is 0 Å². The zero-order valence-corrected chi connectivity index (χ0v) is 18.0. The maximum Gasteiger partial charge on any atom is 0.112 e. The van der Waals surface area contributed by atoms with E-state index in [2.05, 4.69) is 52.8 Å². The van der Waals surface area contributed by atoms with Crippen molar-refractivity contribution in [3.63, 3.8) is 0 Å². The number of pyridine rings is 1. The first-order chi connectivity index (χ1) is 12.7. The molecule has 6 heteroatoms. The van der Waals surface area contributed by atoms with E-state index in [1.807, 2.05) is 42.5 Å². The fourth-order valence-electron chi connectivity index (χ4n) is 2.98. The normalized spacial score (nSPS) is 13.9. The smallest absolute Gasteiger partial charge is 0.112 e. The fraction of sp³-hybridized carbons (Fsp3) is 0.238. The van der Waals surface area contributed by atoms with E-state index in [9.17, 15) is 0 Å². The maximum atomic E-state index is 9.08. The Morgan fingerprint density at radius 1 is 1.22 bits per heavy atom. The highest BCUT2D eigenvalue weighted by Crippen LogP contribution is 2.40. The molecule has 0 saturated carbocycles. The lowest BCUT2D eigenvalue weighted by molar-refractivity contribution is 0.307. The number of hydrogen-bond donors (Lipinski definition) is 2. The van der Waals surface area contributed by atoms with Crippen molar-refractivity contribution in [3.8, 4) is 6.07 Å². The molecule has 3 rings (SSSR count). The van der Waals surface area contributed by atoms with Crippen molar-refractivity contribution >= 4 is 45.1 Å². The van der Waals surface area contributed by atoms with Crippen LogP contribution in [0.1, 0.15) is 30.5 Å². The Bertz CT molecular complexity index is 1020. The van der Waals surface area contributed by atoms with Gasteiger partial charge >= 0.3 is 0 Å². The summed E-state index contributed by atoms with van der Waals surface area (Å²) in [6, 6.07) is 17.4. The van der Waals surface area contributed by atoms with Crippen LogP contribution in [0.4, 0.5) is 0 Å². The van der Waals surface area contributed by atoms with Crippen LogP contribution >= 0.6 is 34.2 Å². The summed E-state index contributed by atoms with van der Waals surface area (Å²) >= 11 is 8.41. The highest BCUT2D eigenvalue weighted by atomic mass is 127. The van der Waals surface area contributed by atoms with Gasteiger partial charge in [-0.15, -0.1) is 0 Å². The number of hydrogen-bond acceptors (Lipinski definition) is 4. The van der Waals surface area contributed by atoms with Crippen LogP contribution in [0.15, 0.2) is 54.7 Å². The van der Waals surface area contributed by atoms with Crippen molar-refractivity contribution in [2.45, 2.75) is 29.5 Å². The van der Waals surface area contributed by atoms with E-state index in [0.29, 0.717) is 17.1 Å². The largest absolute Gasteiger partial charge is 0.312 e. The number of nitrogens with zero attached hydrogens (tertiary/aromatic N) is 2. The van der Waals surface area contributed by atoms with Crippen molar-refractivity contribution in [2.24, 2.45) is 5.73 Å². The number of benzene rings is 2. The second-order valence-electron chi connectivity index (χ2n) is 7.02. The number of nitrogens with two attached hydrogens (primary N) is 1. The Balaban J connectivity index is 1.92. The molecule has 1 atom stereocenters. The first kappa shape index (κ1) is 20.0. The van der Waals surface area contributed by atoms with E-state index < -0.39 is 9.08 Å². The van der Waals surface area contributed by atoms with Gasteiger partial charge in [-0.05, 0) is 55.3 Å². The molecule has 2 aromatic carbocycles. The first-order valence-electron chi connectivity index (χ1n) is 8.51. The highest BCUT2D eigenvalue weighted by molar-refractivity contribution is 14.1. The summed E-state index contributed by atoms with van der Waals surface area (Å²) in [6.45, 7) is 4.77. The lowest BCUT2D eigenvalue weighted by Gasteiger charge is -2.41. The molecule has 0 amide bonds. The SMILES string of the molecule is CC(C)(NCc1cccc(C#N)c1)C(N)(I)c1ccnc2cc(Cl)ccc12. The van der Waals surface area contributed by atoms with Gasteiger partial charge in [0.2, 0.25) is 0 Å². The van der Waals surface area contributed by atoms with Gasteiger partial charge in [-0.25, -0.2) is 0 Å². The number of fused-ring (bicyclic) bond motifs is 1. The summed E-state index contributed by atoms with van der Waals surface area (Å²) in [7, 11) is 0. The molecule has 0 saturated heterocycles. The minimum absolute atomic E-state index is 0.440. The molecule has 0 bridgehead atoms. The molecule has 4 nitrogen and oxygen atoms in total. The molecular weight excluding hydrogens is 471 g/mol. The lowest BCUT2D eigenvalue weighted by atomic mass is 9.87. The van der Waals surface area contributed by atoms with E-state index in [-0.39, 0.29) is 0 Å². The van der Waals surface area contributed by atoms with Gasteiger partial charge in [0.25, 0.3) is 0 Å². The molecule has 27 heavy (non-hydrogen) atoms. The maximum absolute atomic E-state index is 9.08. The van der Waals surface area contributed by atoms with Crippen LogP contribution in [0.25, 0.3) is 10.9 Å². The van der Waals surface area contributed by atoms with Gasteiger partial charge in [-0.2, -0.15) is 5.26 Å². The second-order valence-corrected chi connectivity index (χ2v) is 9.16. The molecule has 1 aromatic heterocycles. The second kappa shape index (κ2) is 7.72. The van der Waals surface area contributed by atoms with Crippen LogP contribution in [-0.2, 0) is 10.1 Å². The third-order valence-electron chi connectivity index (χ3n) is 4.80. The summed E-state index contributed by atoms with van der Waals surface area (Å²) < 4.78 is -0.702. The minimum Gasteiger partial charge on any atom is -0.312 e. The molecule has 0 aliphatic carbocycles. The number of aromatic nitrogens is 1. The molecule has 0 fully saturated rings. The van der Waals surface area contributed by atoms with E-state index in [0.717, 1.165) is 22.0 Å². The molecule has 1 unspecified atom stereocenters. The predicted octanol–water partition coefficient (Wildman–Crippen LogP) is 4.87. The molecule has 138 valence electrons. The lowest BCUT2D eigenvalue weighted by Crippen LogP contribution is -2.58. The molecule has 0 radical (unpaired) electrons. The third-order valence-corrected chi connectivity index (χ3v) is 6.96. The quantitative estimate of drug-likeness (QED) is 0.304. The van der Waals surface area contributed by atoms with Crippen LogP contribution in [0.3, 0.4) is 0 Å². The molecule has 3 N–H and O–H groups in total. The summed E-state index contributed by atoms with van der Waals surface area (Å²) in [5.74, 6) is 0. The van der Waals surface area contributed by atoms with E-state index >= 15 is 0 Å². The molecule has 0 spiro atoms. The molecular formula is C21H20ClIN4. The number of rotatable bonds is 5. The standard InChI is InChI=1S/C21H20ClIN4/c1-20(2,27-13-15-5-3-4-14(10-15)12-24)21(23,25)18-8-9-26-19-11-16(22)6-7-17(18)19/h3-11,27H,13,25H2,1-2H3. The summed E-state index contributed by atoms with van der Waals surface area (Å²) in [4.78, 5) is 4.42. The molecule has 1 heterocycles. The van der Waals surface area contributed by atoms with Gasteiger partial charge in [0, 0.05) is 28.7 Å². The van der Waals surface area contributed by atoms with E-state index in [1.54, 1.807) is 12.3 Å². The predicted molar refractivity (Wildman–Crippen MR) is 119 cm³/mol. The van der Waals surface area contributed by atoms with Crippen LogP contribution in [0, 0.1) is 11.3 Å². The van der Waals surface area contributed by atoms with Crippen LogP contribution in [-0.4, -0.2) is 10.5 Å². The summed E-state index contributed by atoms with van der Waals surface area (Å²) in [5, 5.41) is 14.3. The van der Waals surface area contributed by atoms with Crippen molar-refractivity contribution < 1.29 is 0 Å². The Morgan fingerprint density at radius 2 is 2.00 bits per heavy atom. The average Bonchev–Trinajstić information content (AvgIpc) is 2.65. The van der Waals surface area contributed by atoms with Gasteiger partial charge < -0.3 is 11.1 Å². The minimum atomic E-state index is -0.702. The zero-order chi connectivity index (χ0) is 19.7. The Kier molecular flexibility index (Phi) is 5.73. The summed E-state index contributed by atoms with van der Waals surface area (Å²) in [5.41, 5.74) is 9.92. The molecule has 3 aromatic rings. The molecule has 0 aliphatic heterocycles. The number of halogens is 2. The molecule has 0 aliphatic rings. The van der Waals surface area contributed by atoms with Crippen LogP contribution < -0.4 is 11.1 Å². The first-order valence-corrected chi connectivity index (χ1v) is 9.97. The van der Waals surface area contributed by atoms with Crippen molar-refractivity contribution in [1.29, 1.82) is 5.26 Å². The summed E-state index contributed by atoms with van der Waals surface area (Å²) in [6.07, 6.45) is 1.76. The zero-order valence-electron chi connectivity index (χ0n) is 15.1. The van der Waals surface area contributed by atoms with Gasteiger partial charge in [0.15, 0.2) is 0 Å². The van der Waals surface area contributed by atoms with Crippen LogP contribution in [0.2, 0.25) is 5.02 Å². The number of nitrogens with one attached hydrogen (secondary N) is 1. The Labute approximate surface area is 177 Å². The van der Waals surface area contributed by atoms with E-state index in [4.69, 9.17) is 22.6 Å². The Morgan fingerprint density at radius 3 is 2.74 bits per heavy atom. The van der Waals surface area contributed by atoms with Crippen LogP contribution in [0.5, 0.6) is 0 Å². The topological polar surface area (TPSA) is 74.7 Å². The van der Waals surface area contributed by atoms with Crippen molar-refractivity contribution in [1.82, 2.24) is 10.3 Å². The van der Waals surface area contributed by atoms with Crippen molar-refractivity contribution in [2.75, 3.05) is 0 Å². The fourth-order valence-corrected chi connectivity index (χ4v) is 3.81. The Hall–Kier alpha value is -1.72. The van der Waals surface area contributed by atoms with Crippen molar-refractivity contribution in [3.05, 3.63) is 76.4 Å². The third kappa shape index (κ3) is 4.09. The number of nitriles is 1. The van der Waals surface area contributed by atoms with Gasteiger partial charge in [-0.1, -0.05) is 52.4 Å². The number of alkyl halides is 1.